The van der Waals surface area contributed by atoms with E-state index in [-0.39, 0.29) is 5.56 Å². The van der Waals surface area contributed by atoms with Crippen molar-refractivity contribution in [3.05, 3.63) is 22.2 Å². The maximum Gasteiger partial charge on any atom is 0.252 e. The highest BCUT2D eigenvalue weighted by Gasteiger charge is 2.27. The Kier molecular flexibility index (Phi) is 4.58. The van der Waals surface area contributed by atoms with E-state index in [1.807, 2.05) is 6.92 Å². The van der Waals surface area contributed by atoms with Crippen molar-refractivity contribution in [3.8, 4) is 0 Å². The number of hydrogen-bond donors (Lipinski definition) is 1. The van der Waals surface area contributed by atoms with Crippen LogP contribution in [0.4, 0.5) is 5.82 Å². The second kappa shape index (κ2) is 6.19. The van der Waals surface area contributed by atoms with Crippen LogP contribution in [0, 0.1) is 0 Å². The molecule has 0 amide bonds. The average molecular weight is 264 g/mol. The molecule has 0 saturated carbocycles. The van der Waals surface area contributed by atoms with E-state index in [1.54, 1.807) is 6.07 Å². The Balaban J connectivity index is 2.12. The predicted octanol–water partition coefficient (Wildman–Crippen LogP) is 1.25. The molecule has 0 aliphatic carbocycles. The molecule has 1 aromatic rings. The lowest BCUT2D eigenvalue weighted by molar-refractivity contribution is 0.232. The Morgan fingerprint density at radius 1 is 1.42 bits per heavy atom. The third-order valence-corrected chi connectivity index (χ3v) is 3.93. The number of likely N-dealkylation sites (N-methyl/N-ethyl adjacent to an activating group) is 1. The van der Waals surface area contributed by atoms with Crippen molar-refractivity contribution in [1.29, 1.82) is 0 Å². The van der Waals surface area contributed by atoms with E-state index in [0.717, 1.165) is 50.7 Å². The normalized spacial score (nSPS) is 19.4. The van der Waals surface area contributed by atoms with Gasteiger partial charge in [0.05, 0.1) is 0 Å². The molecule has 1 aliphatic heterocycles. The van der Waals surface area contributed by atoms with Gasteiger partial charge in [-0.15, -0.1) is 0 Å². The Bertz CT molecular complexity index is 467. The zero-order valence-electron chi connectivity index (χ0n) is 12.1. The molecule has 5 heteroatoms. The van der Waals surface area contributed by atoms with Crippen LogP contribution in [-0.2, 0) is 6.42 Å². The van der Waals surface area contributed by atoms with Crippen LogP contribution in [0.5, 0.6) is 0 Å². The van der Waals surface area contributed by atoms with E-state index in [1.165, 1.54) is 0 Å². The lowest BCUT2D eigenvalue weighted by Gasteiger charge is -2.26. The first-order valence-corrected chi connectivity index (χ1v) is 7.27. The van der Waals surface area contributed by atoms with Gasteiger partial charge in [-0.3, -0.25) is 9.69 Å². The number of anilines is 1. The standard InChI is InChI=1S/C14H24N4O/c1-4-12-15-13(9-14(19)16-12)18-8-7-11(10-18)17(5-2)6-3/h9,11H,4-8,10H2,1-3H3,(H,15,16,19). The maximum absolute atomic E-state index is 11.6. The van der Waals surface area contributed by atoms with Gasteiger partial charge in [-0.25, -0.2) is 4.98 Å². The van der Waals surface area contributed by atoms with Crippen LogP contribution in [0.2, 0.25) is 0 Å². The van der Waals surface area contributed by atoms with Crippen molar-refractivity contribution >= 4 is 5.82 Å². The van der Waals surface area contributed by atoms with Gasteiger partial charge in [-0.1, -0.05) is 20.8 Å². The molecule has 1 aliphatic rings. The van der Waals surface area contributed by atoms with Crippen LogP contribution in [0.1, 0.15) is 33.0 Å². The summed E-state index contributed by atoms with van der Waals surface area (Å²) in [4.78, 5) is 23.6. The van der Waals surface area contributed by atoms with E-state index in [9.17, 15) is 4.79 Å². The minimum absolute atomic E-state index is 0.0480. The van der Waals surface area contributed by atoms with Crippen LogP contribution in [0.15, 0.2) is 10.9 Å². The third-order valence-electron chi connectivity index (χ3n) is 3.93. The van der Waals surface area contributed by atoms with Gasteiger partial charge in [0.15, 0.2) is 0 Å². The van der Waals surface area contributed by atoms with Crippen LogP contribution in [0.25, 0.3) is 0 Å². The zero-order chi connectivity index (χ0) is 13.8. The predicted molar refractivity (Wildman–Crippen MR) is 77.8 cm³/mol. The van der Waals surface area contributed by atoms with Gasteiger partial charge in [0.25, 0.3) is 5.56 Å². The van der Waals surface area contributed by atoms with Crippen molar-refractivity contribution in [2.75, 3.05) is 31.1 Å². The van der Waals surface area contributed by atoms with Crippen molar-refractivity contribution in [1.82, 2.24) is 14.9 Å². The summed E-state index contributed by atoms with van der Waals surface area (Å²) in [7, 11) is 0. The van der Waals surface area contributed by atoms with Gasteiger partial charge in [-0.2, -0.15) is 0 Å². The smallest absolute Gasteiger partial charge is 0.252 e. The monoisotopic (exact) mass is 264 g/mol. The van der Waals surface area contributed by atoms with E-state index in [0.29, 0.717) is 6.04 Å². The van der Waals surface area contributed by atoms with Gasteiger partial charge in [0, 0.05) is 31.6 Å². The molecule has 0 radical (unpaired) electrons. The minimum Gasteiger partial charge on any atom is -0.355 e. The van der Waals surface area contributed by atoms with Crippen LogP contribution in [-0.4, -0.2) is 47.1 Å². The molecular formula is C14H24N4O. The first kappa shape index (κ1) is 14.1. The summed E-state index contributed by atoms with van der Waals surface area (Å²) in [5.41, 5.74) is -0.0480. The highest BCUT2D eigenvalue weighted by molar-refractivity contribution is 5.39. The fraction of sp³-hybridized carbons (Fsp3) is 0.714. The highest BCUT2D eigenvalue weighted by atomic mass is 16.1. The Labute approximate surface area is 114 Å². The van der Waals surface area contributed by atoms with E-state index in [2.05, 4.69) is 33.6 Å². The minimum atomic E-state index is -0.0480. The van der Waals surface area contributed by atoms with Gasteiger partial charge in [-0.05, 0) is 19.5 Å². The third kappa shape index (κ3) is 3.15. The topological polar surface area (TPSA) is 52.2 Å². The number of rotatable bonds is 5. The maximum atomic E-state index is 11.6. The fourth-order valence-corrected chi connectivity index (χ4v) is 2.81. The van der Waals surface area contributed by atoms with Crippen molar-refractivity contribution in [2.24, 2.45) is 0 Å². The fourth-order valence-electron chi connectivity index (χ4n) is 2.81. The SMILES string of the molecule is CCc1nc(N2CCC(N(CC)CC)C2)cc(=O)[nH]1. The summed E-state index contributed by atoms with van der Waals surface area (Å²) >= 11 is 0. The van der Waals surface area contributed by atoms with Gasteiger partial charge in [0.1, 0.15) is 11.6 Å². The van der Waals surface area contributed by atoms with Gasteiger partial charge in [0.2, 0.25) is 0 Å². The van der Waals surface area contributed by atoms with E-state index >= 15 is 0 Å². The Morgan fingerprint density at radius 2 is 2.16 bits per heavy atom. The summed E-state index contributed by atoms with van der Waals surface area (Å²) in [5, 5.41) is 0. The second-order valence-electron chi connectivity index (χ2n) is 5.01. The molecule has 2 rings (SSSR count). The zero-order valence-corrected chi connectivity index (χ0v) is 12.1. The lowest BCUT2D eigenvalue weighted by atomic mass is 10.2. The number of nitrogens with one attached hydrogen (secondary N) is 1. The molecule has 2 heterocycles. The molecule has 19 heavy (non-hydrogen) atoms. The Morgan fingerprint density at radius 3 is 2.79 bits per heavy atom. The molecule has 0 spiro atoms. The highest BCUT2D eigenvalue weighted by Crippen LogP contribution is 2.20. The van der Waals surface area contributed by atoms with Gasteiger partial charge >= 0.3 is 0 Å². The van der Waals surface area contributed by atoms with Crippen molar-refractivity contribution in [2.45, 2.75) is 39.7 Å². The molecule has 1 unspecified atom stereocenters. The van der Waals surface area contributed by atoms with Crippen LogP contribution >= 0.6 is 0 Å². The summed E-state index contributed by atoms with van der Waals surface area (Å²) in [6.07, 6.45) is 1.91. The number of hydrogen-bond acceptors (Lipinski definition) is 4. The van der Waals surface area contributed by atoms with E-state index < -0.39 is 0 Å². The number of nitrogens with zero attached hydrogens (tertiary/aromatic N) is 3. The molecule has 1 saturated heterocycles. The average Bonchev–Trinajstić information content (AvgIpc) is 2.89. The summed E-state index contributed by atoms with van der Waals surface area (Å²) in [6.45, 7) is 10.5. The first-order chi connectivity index (χ1) is 9.17. The molecule has 1 fully saturated rings. The molecule has 106 valence electrons. The summed E-state index contributed by atoms with van der Waals surface area (Å²) in [6, 6.07) is 2.20. The molecule has 0 aromatic carbocycles. The first-order valence-electron chi connectivity index (χ1n) is 7.27. The Hall–Kier alpha value is -1.36. The summed E-state index contributed by atoms with van der Waals surface area (Å²) in [5.74, 6) is 1.60. The van der Waals surface area contributed by atoms with Crippen LogP contribution in [0.3, 0.4) is 0 Å². The summed E-state index contributed by atoms with van der Waals surface area (Å²) < 4.78 is 0. The van der Waals surface area contributed by atoms with Crippen molar-refractivity contribution < 1.29 is 0 Å². The van der Waals surface area contributed by atoms with Crippen molar-refractivity contribution in [3.63, 3.8) is 0 Å². The van der Waals surface area contributed by atoms with E-state index in [4.69, 9.17) is 0 Å². The lowest BCUT2D eigenvalue weighted by Crippen LogP contribution is -2.37. The quantitative estimate of drug-likeness (QED) is 0.869. The van der Waals surface area contributed by atoms with Crippen LogP contribution < -0.4 is 10.5 Å². The molecule has 1 aromatic heterocycles. The number of aryl methyl sites for hydroxylation is 1. The largest absolute Gasteiger partial charge is 0.355 e. The molecule has 5 nitrogen and oxygen atoms in total. The molecule has 0 bridgehead atoms. The second-order valence-corrected chi connectivity index (χ2v) is 5.01. The molecular weight excluding hydrogens is 240 g/mol. The number of H-pyrrole nitrogens is 1. The number of aromatic amines is 1. The number of aromatic nitrogens is 2. The molecule has 1 N–H and O–H groups in total. The van der Waals surface area contributed by atoms with Gasteiger partial charge < -0.3 is 9.88 Å². The molecule has 1 atom stereocenters.